The molecule has 0 N–H and O–H groups in total. The van der Waals surface area contributed by atoms with Crippen LogP contribution in [-0.4, -0.2) is 54.1 Å². The van der Waals surface area contributed by atoms with Crippen LogP contribution >= 0.6 is 11.6 Å². The van der Waals surface area contributed by atoms with Crippen molar-refractivity contribution < 1.29 is 14.3 Å². The molecule has 0 bridgehead atoms. The number of ether oxygens (including phenoxy) is 1. The van der Waals surface area contributed by atoms with Crippen LogP contribution in [0.1, 0.15) is 16.1 Å². The first-order valence-corrected chi connectivity index (χ1v) is 12.9. The molecule has 2 heterocycles. The minimum absolute atomic E-state index is 0.119. The Morgan fingerprint density at radius 2 is 1.55 bits per heavy atom. The first kappa shape index (κ1) is 25.5. The van der Waals surface area contributed by atoms with Crippen molar-refractivity contribution in [1.29, 1.82) is 0 Å². The molecule has 5 rings (SSSR count). The monoisotopic (exact) mass is 529 g/mol. The predicted octanol–water partition coefficient (Wildman–Crippen LogP) is 4.67. The molecule has 0 aliphatic carbocycles. The largest absolute Gasteiger partial charge is 0.451 e. The Morgan fingerprint density at radius 3 is 2.26 bits per heavy atom. The number of anilines is 1. The summed E-state index contributed by atoms with van der Waals surface area (Å²) in [4.78, 5) is 43.3. The van der Waals surface area contributed by atoms with Gasteiger partial charge in [-0.2, -0.15) is 0 Å². The highest BCUT2D eigenvalue weighted by atomic mass is 35.5. The third-order valence-electron chi connectivity index (χ3n) is 7.03. The number of hydrogen-bond donors (Lipinski definition) is 0. The lowest BCUT2D eigenvalue weighted by Gasteiger charge is -2.36. The first-order valence-electron chi connectivity index (χ1n) is 12.5. The summed E-state index contributed by atoms with van der Waals surface area (Å²) in [6, 6.07) is 22.4. The smallest absolute Gasteiger partial charge is 0.356 e. The van der Waals surface area contributed by atoms with E-state index in [-0.39, 0.29) is 17.2 Å². The van der Waals surface area contributed by atoms with Gasteiger partial charge < -0.3 is 19.1 Å². The molecule has 0 radical (unpaired) electrons. The maximum absolute atomic E-state index is 13.4. The molecule has 194 valence electrons. The van der Waals surface area contributed by atoms with Gasteiger partial charge in [0.15, 0.2) is 6.61 Å². The average Bonchev–Trinajstić information content (AvgIpc) is 2.95. The Labute approximate surface area is 225 Å². The van der Waals surface area contributed by atoms with Crippen molar-refractivity contribution in [3.05, 3.63) is 99.4 Å². The van der Waals surface area contributed by atoms with Crippen molar-refractivity contribution in [3.8, 4) is 11.1 Å². The predicted molar refractivity (Wildman–Crippen MR) is 150 cm³/mol. The van der Waals surface area contributed by atoms with E-state index in [1.165, 1.54) is 4.57 Å². The van der Waals surface area contributed by atoms with Gasteiger partial charge >= 0.3 is 5.97 Å². The van der Waals surface area contributed by atoms with Crippen molar-refractivity contribution >= 4 is 39.9 Å². The second-order valence-corrected chi connectivity index (χ2v) is 9.81. The molecule has 1 amide bonds. The fourth-order valence-electron chi connectivity index (χ4n) is 5.01. The lowest BCUT2D eigenvalue weighted by Crippen LogP contribution is -2.50. The van der Waals surface area contributed by atoms with Crippen LogP contribution in [0.2, 0.25) is 5.02 Å². The number of benzene rings is 3. The van der Waals surface area contributed by atoms with Gasteiger partial charge in [-0.1, -0.05) is 66.2 Å². The minimum Gasteiger partial charge on any atom is -0.451 e. The molecule has 1 aliphatic heterocycles. The highest BCUT2D eigenvalue weighted by Crippen LogP contribution is 2.31. The molecule has 0 unspecified atom stereocenters. The molecule has 1 aliphatic rings. The zero-order valence-corrected chi connectivity index (χ0v) is 22.1. The SMILES string of the molecule is Cc1ccc(Cl)cc1N1CCN(C(=O)COC(=O)c2c(-c3ccccc3)c3ccccc3c(=O)n2C)CC1. The summed E-state index contributed by atoms with van der Waals surface area (Å²) < 4.78 is 6.82. The number of fused-ring (bicyclic) bond motifs is 1. The van der Waals surface area contributed by atoms with Gasteiger partial charge in [-0.3, -0.25) is 9.59 Å². The maximum atomic E-state index is 13.4. The van der Waals surface area contributed by atoms with Gasteiger partial charge in [0.05, 0.1) is 0 Å². The molecule has 1 aromatic heterocycles. The van der Waals surface area contributed by atoms with Gasteiger partial charge in [-0.05, 0) is 41.6 Å². The molecule has 38 heavy (non-hydrogen) atoms. The van der Waals surface area contributed by atoms with Crippen LogP contribution < -0.4 is 10.5 Å². The average molecular weight is 530 g/mol. The van der Waals surface area contributed by atoms with Crippen molar-refractivity contribution in [2.24, 2.45) is 7.05 Å². The third kappa shape index (κ3) is 4.89. The van der Waals surface area contributed by atoms with E-state index in [0.717, 1.165) is 16.8 Å². The quantitative estimate of drug-likeness (QED) is 0.351. The third-order valence-corrected chi connectivity index (χ3v) is 7.27. The molecule has 8 heteroatoms. The van der Waals surface area contributed by atoms with Crippen LogP contribution in [0, 0.1) is 6.92 Å². The number of carbonyl (C=O) groups is 2. The van der Waals surface area contributed by atoms with Gasteiger partial charge in [0.1, 0.15) is 5.69 Å². The van der Waals surface area contributed by atoms with E-state index in [1.54, 1.807) is 24.1 Å². The second-order valence-electron chi connectivity index (χ2n) is 9.37. The summed E-state index contributed by atoms with van der Waals surface area (Å²) in [7, 11) is 1.55. The maximum Gasteiger partial charge on any atom is 0.356 e. The highest BCUT2D eigenvalue weighted by molar-refractivity contribution is 6.30. The number of aryl methyl sites for hydroxylation is 1. The van der Waals surface area contributed by atoms with Crippen LogP contribution in [-0.2, 0) is 16.6 Å². The van der Waals surface area contributed by atoms with Gasteiger partial charge in [0.2, 0.25) is 0 Å². The Morgan fingerprint density at radius 1 is 0.895 bits per heavy atom. The summed E-state index contributed by atoms with van der Waals surface area (Å²) in [6.45, 7) is 3.95. The number of pyridine rings is 1. The number of nitrogens with zero attached hydrogens (tertiary/aromatic N) is 3. The van der Waals surface area contributed by atoms with Crippen molar-refractivity contribution in [1.82, 2.24) is 9.47 Å². The fraction of sp³-hybridized carbons (Fsp3) is 0.233. The van der Waals surface area contributed by atoms with Crippen molar-refractivity contribution in [2.75, 3.05) is 37.7 Å². The molecule has 4 aromatic rings. The first-order chi connectivity index (χ1) is 18.3. The Bertz CT molecular complexity index is 1570. The Balaban J connectivity index is 1.34. The minimum atomic E-state index is -0.712. The molecular weight excluding hydrogens is 502 g/mol. The van der Waals surface area contributed by atoms with Crippen molar-refractivity contribution in [2.45, 2.75) is 6.92 Å². The molecule has 0 atom stereocenters. The number of rotatable bonds is 5. The van der Waals surface area contributed by atoms with Gasteiger partial charge in [-0.25, -0.2) is 4.79 Å². The standard InChI is InChI=1S/C30H28ClN3O4/c1-20-12-13-22(31)18-25(20)33-14-16-34(17-15-33)26(35)19-38-30(37)28-27(21-8-4-3-5-9-21)23-10-6-7-11-24(23)29(36)32(28)2/h3-13,18H,14-17,19H2,1-2H3. The van der Waals surface area contributed by atoms with E-state index in [2.05, 4.69) is 4.90 Å². The lowest BCUT2D eigenvalue weighted by molar-refractivity contribution is -0.134. The van der Waals surface area contributed by atoms with Crippen LogP contribution in [0.25, 0.3) is 21.9 Å². The second kappa shape index (κ2) is 10.7. The molecule has 3 aromatic carbocycles. The van der Waals surface area contributed by atoms with Gasteiger partial charge in [0.25, 0.3) is 11.5 Å². The van der Waals surface area contributed by atoms with E-state index < -0.39 is 12.6 Å². The molecule has 0 spiro atoms. The summed E-state index contributed by atoms with van der Waals surface area (Å²) in [6.07, 6.45) is 0. The van der Waals surface area contributed by atoms with Crippen molar-refractivity contribution in [3.63, 3.8) is 0 Å². The fourth-order valence-corrected chi connectivity index (χ4v) is 5.17. The summed E-state index contributed by atoms with van der Waals surface area (Å²) in [5, 5.41) is 1.84. The Hall–Kier alpha value is -4.10. The van der Waals surface area contributed by atoms with Gasteiger partial charge in [-0.15, -0.1) is 0 Å². The highest BCUT2D eigenvalue weighted by Gasteiger charge is 2.26. The lowest BCUT2D eigenvalue weighted by atomic mass is 9.97. The van der Waals surface area contributed by atoms with E-state index in [9.17, 15) is 14.4 Å². The summed E-state index contributed by atoms with van der Waals surface area (Å²) in [5.74, 6) is -0.983. The summed E-state index contributed by atoms with van der Waals surface area (Å²) >= 11 is 6.18. The number of esters is 1. The number of aromatic nitrogens is 1. The zero-order valence-electron chi connectivity index (χ0n) is 21.3. The molecule has 1 saturated heterocycles. The van der Waals surface area contributed by atoms with E-state index >= 15 is 0 Å². The van der Waals surface area contributed by atoms with Crippen LogP contribution in [0.3, 0.4) is 0 Å². The van der Waals surface area contributed by atoms with Gasteiger partial charge in [0, 0.05) is 54.9 Å². The Kier molecular flexibility index (Phi) is 7.20. The van der Waals surface area contributed by atoms with Crippen LogP contribution in [0.15, 0.2) is 77.6 Å². The van der Waals surface area contributed by atoms with Crippen LogP contribution in [0.4, 0.5) is 5.69 Å². The van der Waals surface area contributed by atoms with Crippen LogP contribution in [0.5, 0.6) is 0 Å². The van der Waals surface area contributed by atoms with E-state index in [0.29, 0.717) is 47.5 Å². The van der Waals surface area contributed by atoms with E-state index in [1.807, 2.05) is 67.6 Å². The summed E-state index contributed by atoms with van der Waals surface area (Å²) in [5.41, 5.74) is 3.39. The number of piperazine rings is 1. The molecule has 1 fully saturated rings. The zero-order chi connectivity index (χ0) is 26.8. The molecular formula is C30H28ClN3O4. The molecule has 0 saturated carbocycles. The topological polar surface area (TPSA) is 71.8 Å². The number of hydrogen-bond acceptors (Lipinski definition) is 5. The normalized spacial score (nSPS) is 13.6. The number of carbonyl (C=O) groups excluding carboxylic acids is 2. The van der Waals surface area contributed by atoms with E-state index in [4.69, 9.17) is 16.3 Å². The molecule has 7 nitrogen and oxygen atoms in total. The number of amides is 1. The number of halogens is 1.